The number of ether oxygens (including phenoxy) is 1. The maximum Gasteiger partial charge on any atom is 0.235 e. The molecule has 0 aromatic heterocycles. The van der Waals surface area contributed by atoms with Crippen molar-refractivity contribution in [3.8, 4) is 5.75 Å². The minimum Gasteiger partial charge on any atom is -0.486 e. The zero-order valence-electron chi connectivity index (χ0n) is 11.1. The highest BCUT2D eigenvalue weighted by Crippen LogP contribution is 2.27. The number of rotatable bonds is 6. The first-order valence-electron chi connectivity index (χ1n) is 6.55. The van der Waals surface area contributed by atoms with E-state index in [2.05, 4.69) is 4.72 Å². The Morgan fingerprint density at radius 3 is 2.75 bits per heavy atom. The molecule has 0 heterocycles. The third-order valence-electron chi connectivity index (χ3n) is 3.23. The summed E-state index contributed by atoms with van der Waals surface area (Å²) in [6.07, 6.45) is 3.37. The molecule has 1 aromatic rings. The highest BCUT2D eigenvalue weighted by molar-refractivity contribution is 7.93. The normalized spacial score (nSPS) is 16.0. The number of sulfonamides is 1. The fourth-order valence-electron chi connectivity index (χ4n) is 2.26. The van der Waals surface area contributed by atoms with Gasteiger partial charge >= 0.3 is 0 Å². The van der Waals surface area contributed by atoms with Gasteiger partial charge in [0.2, 0.25) is 10.0 Å². The number of nitrogens with one attached hydrogen (secondary N) is 2. The van der Waals surface area contributed by atoms with Crippen molar-refractivity contribution in [3.05, 3.63) is 24.3 Å². The average Bonchev–Trinajstić information content (AvgIpc) is 2.91. The Kier molecular flexibility index (Phi) is 4.49. The quantitative estimate of drug-likeness (QED) is 0.548. The fourth-order valence-corrected chi connectivity index (χ4v) is 3.83. The summed E-state index contributed by atoms with van der Waals surface area (Å²) in [5.74, 6) is 0.397. The van der Waals surface area contributed by atoms with E-state index in [1.54, 1.807) is 24.3 Å². The minimum atomic E-state index is -3.33. The van der Waals surface area contributed by atoms with Crippen LogP contribution in [0.2, 0.25) is 0 Å². The molecular formula is C13H19N3O3S. The Morgan fingerprint density at radius 2 is 2.10 bits per heavy atom. The van der Waals surface area contributed by atoms with E-state index < -0.39 is 10.0 Å². The molecule has 0 amide bonds. The molecule has 2 rings (SSSR count). The average molecular weight is 297 g/mol. The van der Waals surface area contributed by atoms with Crippen molar-refractivity contribution in [2.24, 2.45) is 5.73 Å². The SMILES string of the molecule is N=C(N)COc1cccc(NS(=O)(=O)C2CCCC2)c1. The summed E-state index contributed by atoms with van der Waals surface area (Å²) in [5, 5.41) is 6.79. The second kappa shape index (κ2) is 6.13. The summed E-state index contributed by atoms with van der Waals surface area (Å²) in [6.45, 7) is -0.0151. The second-order valence-electron chi connectivity index (χ2n) is 4.90. The van der Waals surface area contributed by atoms with Crippen LogP contribution in [0.5, 0.6) is 5.75 Å². The topological polar surface area (TPSA) is 105 Å². The highest BCUT2D eigenvalue weighted by Gasteiger charge is 2.28. The van der Waals surface area contributed by atoms with Crippen LogP contribution in [0.4, 0.5) is 5.69 Å². The Morgan fingerprint density at radius 1 is 1.40 bits per heavy atom. The fraction of sp³-hybridized carbons (Fsp3) is 0.462. The molecule has 6 nitrogen and oxygen atoms in total. The molecule has 0 bridgehead atoms. The van der Waals surface area contributed by atoms with Crippen molar-refractivity contribution in [1.29, 1.82) is 5.41 Å². The van der Waals surface area contributed by atoms with Gasteiger partial charge < -0.3 is 10.5 Å². The molecule has 1 aromatic carbocycles. The maximum atomic E-state index is 12.2. The van der Waals surface area contributed by atoms with E-state index in [1.807, 2.05) is 0 Å². The van der Waals surface area contributed by atoms with Crippen molar-refractivity contribution in [3.63, 3.8) is 0 Å². The van der Waals surface area contributed by atoms with E-state index in [0.717, 1.165) is 25.7 Å². The van der Waals surface area contributed by atoms with E-state index in [0.29, 0.717) is 11.4 Å². The van der Waals surface area contributed by atoms with Crippen LogP contribution in [0.3, 0.4) is 0 Å². The number of hydrogen-bond donors (Lipinski definition) is 3. The molecule has 0 saturated heterocycles. The third-order valence-corrected chi connectivity index (χ3v) is 5.10. The van der Waals surface area contributed by atoms with Gasteiger partial charge in [-0.25, -0.2) is 8.42 Å². The first-order valence-corrected chi connectivity index (χ1v) is 8.09. The molecule has 7 heteroatoms. The van der Waals surface area contributed by atoms with Gasteiger partial charge in [-0.1, -0.05) is 18.9 Å². The number of anilines is 1. The van der Waals surface area contributed by atoms with Gasteiger partial charge in [0.1, 0.15) is 18.2 Å². The molecule has 1 saturated carbocycles. The lowest BCUT2D eigenvalue weighted by molar-refractivity contribution is 0.374. The summed E-state index contributed by atoms with van der Waals surface area (Å²) in [4.78, 5) is 0. The summed E-state index contributed by atoms with van der Waals surface area (Å²) in [6, 6.07) is 6.65. The van der Waals surface area contributed by atoms with E-state index in [9.17, 15) is 8.42 Å². The van der Waals surface area contributed by atoms with E-state index in [1.165, 1.54) is 0 Å². The van der Waals surface area contributed by atoms with Gasteiger partial charge in [-0.05, 0) is 25.0 Å². The van der Waals surface area contributed by atoms with Crippen molar-refractivity contribution in [1.82, 2.24) is 0 Å². The summed E-state index contributed by atoms with van der Waals surface area (Å²) >= 11 is 0. The molecule has 0 radical (unpaired) electrons. The van der Waals surface area contributed by atoms with Crippen molar-refractivity contribution >= 4 is 21.5 Å². The van der Waals surface area contributed by atoms with Crippen molar-refractivity contribution in [2.75, 3.05) is 11.3 Å². The molecule has 0 aliphatic heterocycles. The van der Waals surface area contributed by atoms with Gasteiger partial charge in [-0.2, -0.15) is 0 Å². The van der Waals surface area contributed by atoms with Gasteiger partial charge in [0, 0.05) is 6.07 Å². The molecule has 1 aliphatic rings. The Labute approximate surface area is 118 Å². The summed E-state index contributed by atoms with van der Waals surface area (Å²) < 4.78 is 32.2. The van der Waals surface area contributed by atoms with Crippen molar-refractivity contribution < 1.29 is 13.2 Å². The first-order chi connectivity index (χ1) is 9.47. The summed E-state index contributed by atoms with van der Waals surface area (Å²) in [7, 11) is -3.33. The van der Waals surface area contributed by atoms with Gasteiger partial charge in [0.15, 0.2) is 0 Å². The first kappa shape index (κ1) is 14.6. The van der Waals surface area contributed by atoms with Crippen molar-refractivity contribution in [2.45, 2.75) is 30.9 Å². The Bertz CT molecular complexity index is 580. The number of benzene rings is 1. The number of hydrogen-bond acceptors (Lipinski definition) is 4. The predicted molar refractivity (Wildman–Crippen MR) is 78.6 cm³/mol. The van der Waals surface area contributed by atoms with Gasteiger partial charge in [0.25, 0.3) is 0 Å². The van der Waals surface area contributed by atoms with Crippen LogP contribution in [0.1, 0.15) is 25.7 Å². The third kappa shape index (κ3) is 3.86. The molecule has 1 fully saturated rings. The molecular weight excluding hydrogens is 278 g/mol. The van der Waals surface area contributed by atoms with Crippen LogP contribution < -0.4 is 15.2 Å². The molecule has 1 aliphatic carbocycles. The monoisotopic (exact) mass is 297 g/mol. The van der Waals surface area contributed by atoms with E-state index in [4.69, 9.17) is 15.9 Å². The van der Waals surface area contributed by atoms with Crippen LogP contribution >= 0.6 is 0 Å². The maximum absolute atomic E-state index is 12.2. The van der Waals surface area contributed by atoms with Crippen LogP contribution in [-0.2, 0) is 10.0 Å². The molecule has 4 N–H and O–H groups in total. The number of amidine groups is 1. The largest absolute Gasteiger partial charge is 0.486 e. The molecule has 20 heavy (non-hydrogen) atoms. The summed E-state index contributed by atoms with van der Waals surface area (Å²) in [5.41, 5.74) is 5.68. The van der Waals surface area contributed by atoms with Gasteiger partial charge in [-0.15, -0.1) is 0 Å². The molecule has 0 spiro atoms. The van der Waals surface area contributed by atoms with Gasteiger partial charge in [0.05, 0.1) is 10.9 Å². The van der Waals surface area contributed by atoms with Crippen LogP contribution in [-0.4, -0.2) is 26.1 Å². The molecule has 0 unspecified atom stereocenters. The minimum absolute atomic E-state index is 0.0151. The second-order valence-corrected chi connectivity index (χ2v) is 6.86. The zero-order valence-corrected chi connectivity index (χ0v) is 11.9. The number of nitrogens with two attached hydrogens (primary N) is 1. The standard InChI is InChI=1S/C13H19N3O3S/c14-13(15)9-19-11-5-3-4-10(8-11)16-20(17,18)12-6-1-2-7-12/h3-5,8,12,16H,1-2,6-7,9H2,(H3,14,15). The lowest BCUT2D eigenvalue weighted by Crippen LogP contribution is -2.25. The Balaban J connectivity index is 2.05. The lowest BCUT2D eigenvalue weighted by atomic mass is 10.3. The smallest absolute Gasteiger partial charge is 0.235 e. The highest BCUT2D eigenvalue weighted by atomic mass is 32.2. The van der Waals surface area contributed by atoms with Crippen LogP contribution in [0, 0.1) is 5.41 Å². The van der Waals surface area contributed by atoms with Crippen LogP contribution in [0.25, 0.3) is 0 Å². The van der Waals surface area contributed by atoms with Gasteiger partial charge in [-0.3, -0.25) is 10.1 Å². The van der Waals surface area contributed by atoms with Crippen LogP contribution in [0.15, 0.2) is 24.3 Å². The molecule has 0 atom stereocenters. The Hall–Kier alpha value is -1.76. The molecule has 110 valence electrons. The van der Waals surface area contributed by atoms with E-state index in [-0.39, 0.29) is 17.7 Å². The predicted octanol–water partition coefficient (Wildman–Crippen LogP) is 1.69. The van der Waals surface area contributed by atoms with E-state index >= 15 is 0 Å². The lowest BCUT2D eigenvalue weighted by Gasteiger charge is -2.14. The zero-order chi connectivity index (χ0) is 14.6.